The van der Waals surface area contributed by atoms with E-state index < -0.39 is 0 Å². The van der Waals surface area contributed by atoms with Gasteiger partial charge in [-0.25, -0.2) is 4.98 Å². The van der Waals surface area contributed by atoms with Gasteiger partial charge in [0.1, 0.15) is 0 Å². The summed E-state index contributed by atoms with van der Waals surface area (Å²) in [6.45, 7) is 1.47. The van der Waals surface area contributed by atoms with Crippen LogP contribution in [0.2, 0.25) is 0 Å². The summed E-state index contributed by atoms with van der Waals surface area (Å²) in [6, 6.07) is 8.09. The smallest absolute Gasteiger partial charge is 0.218 e. The summed E-state index contributed by atoms with van der Waals surface area (Å²) in [4.78, 5) is 9.76. The Morgan fingerprint density at radius 3 is 2.86 bits per heavy atom. The number of thiophene rings is 1. The fourth-order valence-electron chi connectivity index (χ4n) is 1.90. The zero-order chi connectivity index (χ0) is 14.9. The van der Waals surface area contributed by atoms with Crippen LogP contribution in [0, 0.1) is 0 Å². The molecule has 0 bridgehead atoms. The molecule has 0 fully saturated rings. The van der Waals surface area contributed by atoms with Crippen LogP contribution in [0.3, 0.4) is 0 Å². The monoisotopic (exact) mass is 432 g/mol. The molecule has 0 aliphatic heterocycles. The highest BCUT2D eigenvalue weighted by atomic mass is 127. The van der Waals surface area contributed by atoms with Crippen LogP contribution >= 0.6 is 35.3 Å². The van der Waals surface area contributed by atoms with Gasteiger partial charge in [-0.2, -0.15) is 0 Å². The zero-order valence-electron chi connectivity index (χ0n) is 12.7. The first-order valence-corrected chi connectivity index (χ1v) is 7.66. The lowest BCUT2D eigenvalue weighted by Crippen LogP contribution is -2.37. The van der Waals surface area contributed by atoms with Crippen LogP contribution in [0.1, 0.15) is 10.4 Å². The summed E-state index contributed by atoms with van der Waals surface area (Å²) in [7, 11) is 3.39. The molecule has 0 spiro atoms. The second-order valence-electron chi connectivity index (χ2n) is 4.35. The maximum Gasteiger partial charge on any atom is 0.218 e. The van der Waals surface area contributed by atoms with E-state index in [0.717, 1.165) is 24.5 Å². The van der Waals surface area contributed by atoms with Crippen LogP contribution in [0.25, 0.3) is 0 Å². The van der Waals surface area contributed by atoms with Gasteiger partial charge in [0.2, 0.25) is 5.88 Å². The van der Waals surface area contributed by atoms with E-state index in [9.17, 15) is 0 Å². The number of nitrogens with one attached hydrogen (secondary N) is 2. The highest BCUT2D eigenvalue weighted by Gasteiger charge is 2.04. The average molecular weight is 432 g/mol. The van der Waals surface area contributed by atoms with E-state index in [2.05, 4.69) is 38.1 Å². The minimum absolute atomic E-state index is 0. The standard InChI is InChI=1S/C15H20N4OS.HI/c1-16-15(18-9-7-13-6-4-10-21-13)19-11-12-5-3-8-17-14(12)20-2;/h3-6,8,10H,7,9,11H2,1-2H3,(H2,16,18,19);1H. The molecule has 5 nitrogen and oxygen atoms in total. The molecule has 120 valence electrons. The molecule has 0 amide bonds. The topological polar surface area (TPSA) is 58.5 Å². The van der Waals surface area contributed by atoms with Crippen molar-refractivity contribution in [2.24, 2.45) is 4.99 Å². The molecule has 2 heterocycles. The van der Waals surface area contributed by atoms with Crippen molar-refractivity contribution < 1.29 is 4.74 Å². The minimum atomic E-state index is 0. The fourth-order valence-corrected chi connectivity index (χ4v) is 2.61. The summed E-state index contributed by atoms with van der Waals surface area (Å²) in [5.74, 6) is 1.41. The van der Waals surface area contributed by atoms with E-state index in [0.29, 0.717) is 12.4 Å². The number of hydrogen-bond donors (Lipinski definition) is 2. The van der Waals surface area contributed by atoms with E-state index in [1.807, 2.05) is 12.1 Å². The number of pyridine rings is 1. The number of halogens is 1. The Bertz CT molecular complexity index is 575. The van der Waals surface area contributed by atoms with Gasteiger partial charge < -0.3 is 15.4 Å². The van der Waals surface area contributed by atoms with Gasteiger partial charge in [0.15, 0.2) is 5.96 Å². The van der Waals surface area contributed by atoms with E-state index in [4.69, 9.17) is 4.74 Å². The Morgan fingerprint density at radius 2 is 2.18 bits per heavy atom. The van der Waals surface area contributed by atoms with Crippen molar-refractivity contribution in [1.29, 1.82) is 0 Å². The quantitative estimate of drug-likeness (QED) is 0.419. The van der Waals surface area contributed by atoms with Crippen molar-refractivity contribution in [3.05, 3.63) is 46.3 Å². The maximum absolute atomic E-state index is 5.23. The first-order chi connectivity index (χ1) is 10.3. The van der Waals surface area contributed by atoms with Gasteiger partial charge in [0.25, 0.3) is 0 Å². The van der Waals surface area contributed by atoms with Crippen LogP contribution in [-0.2, 0) is 13.0 Å². The molecule has 22 heavy (non-hydrogen) atoms. The molecule has 0 saturated carbocycles. The lowest BCUT2D eigenvalue weighted by Gasteiger charge is -2.12. The third-order valence-electron chi connectivity index (χ3n) is 2.96. The number of nitrogens with zero attached hydrogens (tertiary/aromatic N) is 2. The Labute approximate surface area is 152 Å². The summed E-state index contributed by atoms with van der Waals surface area (Å²) >= 11 is 1.77. The second kappa shape index (κ2) is 10.4. The van der Waals surface area contributed by atoms with E-state index in [1.54, 1.807) is 31.7 Å². The van der Waals surface area contributed by atoms with Gasteiger partial charge in [-0.1, -0.05) is 12.1 Å². The van der Waals surface area contributed by atoms with Crippen molar-refractivity contribution in [1.82, 2.24) is 15.6 Å². The van der Waals surface area contributed by atoms with Crippen LogP contribution in [0.4, 0.5) is 0 Å². The third-order valence-corrected chi connectivity index (χ3v) is 3.89. The highest BCUT2D eigenvalue weighted by molar-refractivity contribution is 14.0. The molecule has 0 saturated heterocycles. The first-order valence-electron chi connectivity index (χ1n) is 6.78. The molecule has 2 aromatic rings. The number of hydrogen-bond acceptors (Lipinski definition) is 4. The van der Waals surface area contributed by atoms with Crippen LogP contribution in [0.15, 0.2) is 40.8 Å². The molecule has 2 N–H and O–H groups in total. The number of guanidine groups is 1. The molecule has 0 radical (unpaired) electrons. The first kappa shape index (κ1) is 18.7. The minimum Gasteiger partial charge on any atom is -0.481 e. The Balaban J connectivity index is 0.00000242. The number of ether oxygens (including phenoxy) is 1. The normalized spacial score (nSPS) is 10.7. The number of methoxy groups -OCH3 is 1. The van der Waals surface area contributed by atoms with Gasteiger partial charge in [-0.3, -0.25) is 4.99 Å². The van der Waals surface area contributed by atoms with Crippen molar-refractivity contribution >= 4 is 41.3 Å². The lowest BCUT2D eigenvalue weighted by atomic mass is 10.2. The molecule has 7 heteroatoms. The third kappa shape index (κ3) is 5.80. The molecule has 2 aromatic heterocycles. The van der Waals surface area contributed by atoms with E-state index in [-0.39, 0.29) is 24.0 Å². The summed E-state index contributed by atoms with van der Waals surface area (Å²) in [5, 5.41) is 8.66. The largest absolute Gasteiger partial charge is 0.481 e. The molecule has 2 rings (SSSR count). The van der Waals surface area contributed by atoms with Gasteiger partial charge in [0.05, 0.1) is 7.11 Å². The fraction of sp³-hybridized carbons (Fsp3) is 0.333. The SMILES string of the molecule is CN=C(NCCc1cccs1)NCc1cccnc1OC.I. The van der Waals surface area contributed by atoms with Gasteiger partial charge in [0, 0.05) is 36.8 Å². The predicted octanol–water partition coefficient (Wildman–Crippen LogP) is 2.68. The Morgan fingerprint density at radius 1 is 1.32 bits per heavy atom. The number of aliphatic imine (C=N–C) groups is 1. The van der Waals surface area contributed by atoms with Crippen molar-refractivity contribution in [3.63, 3.8) is 0 Å². The lowest BCUT2D eigenvalue weighted by molar-refractivity contribution is 0.392. The van der Waals surface area contributed by atoms with Crippen LogP contribution in [-0.4, -0.2) is 31.6 Å². The Kier molecular flexibility index (Phi) is 8.83. The van der Waals surface area contributed by atoms with Gasteiger partial charge >= 0.3 is 0 Å². The molecule has 0 aliphatic rings. The van der Waals surface area contributed by atoms with E-state index in [1.165, 1.54) is 4.88 Å². The number of rotatable bonds is 6. The van der Waals surface area contributed by atoms with Crippen molar-refractivity contribution in [2.45, 2.75) is 13.0 Å². The highest BCUT2D eigenvalue weighted by Crippen LogP contribution is 2.12. The second-order valence-corrected chi connectivity index (χ2v) is 5.39. The average Bonchev–Trinajstić information content (AvgIpc) is 3.04. The van der Waals surface area contributed by atoms with Crippen molar-refractivity contribution in [2.75, 3.05) is 20.7 Å². The van der Waals surface area contributed by atoms with Crippen LogP contribution < -0.4 is 15.4 Å². The summed E-state index contributed by atoms with van der Waals surface area (Å²) in [6.07, 6.45) is 2.71. The predicted molar refractivity (Wildman–Crippen MR) is 102 cm³/mol. The number of aromatic nitrogens is 1. The van der Waals surface area contributed by atoms with Crippen LogP contribution in [0.5, 0.6) is 5.88 Å². The molecule has 0 atom stereocenters. The van der Waals surface area contributed by atoms with Crippen molar-refractivity contribution in [3.8, 4) is 5.88 Å². The Hall–Kier alpha value is -1.35. The van der Waals surface area contributed by atoms with E-state index >= 15 is 0 Å². The molecule has 0 unspecified atom stereocenters. The molecular weight excluding hydrogens is 411 g/mol. The summed E-state index contributed by atoms with van der Waals surface area (Å²) < 4.78 is 5.23. The molecule has 0 aromatic carbocycles. The van der Waals surface area contributed by atoms with Gasteiger partial charge in [-0.05, 0) is 23.9 Å². The molecular formula is C15H21IN4OS. The van der Waals surface area contributed by atoms with Gasteiger partial charge in [-0.15, -0.1) is 35.3 Å². The zero-order valence-corrected chi connectivity index (χ0v) is 15.9. The molecule has 0 aliphatic carbocycles. The maximum atomic E-state index is 5.23. The summed E-state index contributed by atoms with van der Waals surface area (Å²) in [5.41, 5.74) is 1.00.